The highest BCUT2D eigenvalue weighted by Crippen LogP contribution is 2.45. The largest absolute Gasteiger partial charge is 0.354 e. The highest BCUT2D eigenvalue weighted by Gasteiger charge is 2.42. The van der Waals surface area contributed by atoms with Crippen LogP contribution in [0.4, 0.5) is 0 Å². The number of nitrogens with one attached hydrogen (secondary N) is 1. The van der Waals surface area contributed by atoms with Crippen LogP contribution in [0, 0.1) is 35.5 Å². The summed E-state index contributed by atoms with van der Waals surface area (Å²) < 4.78 is 0. The molecule has 2 amide bonds. The Bertz CT molecular complexity index is 636. The number of rotatable bonds is 8. The van der Waals surface area contributed by atoms with Crippen LogP contribution in [0.2, 0.25) is 0 Å². The number of allylic oxidation sites excluding steroid dienone is 4. The van der Waals surface area contributed by atoms with Gasteiger partial charge in [-0.1, -0.05) is 38.2 Å². The van der Waals surface area contributed by atoms with Crippen molar-refractivity contribution in [3.05, 3.63) is 24.3 Å². The molecule has 4 aliphatic rings. The van der Waals surface area contributed by atoms with Crippen molar-refractivity contribution < 1.29 is 9.59 Å². The molecule has 0 aliphatic heterocycles. The number of amides is 2. The molecule has 2 saturated carbocycles. The van der Waals surface area contributed by atoms with Crippen LogP contribution in [0.3, 0.4) is 0 Å². The molecule has 4 nitrogen and oxygen atoms in total. The Kier molecular flexibility index (Phi) is 5.43. The van der Waals surface area contributed by atoms with Gasteiger partial charge in [-0.2, -0.15) is 0 Å². The molecular formula is C23H34N2O2. The SMILES string of the molecule is CCC(CC)N(CCNC(=O)C1CC2C=CC1C2)C(=O)C1CC2C=CC1C2. The zero-order chi connectivity index (χ0) is 19.0. The summed E-state index contributed by atoms with van der Waals surface area (Å²) in [6.45, 7) is 5.55. The van der Waals surface area contributed by atoms with Crippen molar-refractivity contribution in [2.24, 2.45) is 35.5 Å². The second kappa shape index (κ2) is 7.81. The van der Waals surface area contributed by atoms with E-state index >= 15 is 0 Å². The molecule has 0 radical (unpaired) electrons. The number of fused-ring (bicyclic) bond motifs is 4. The average Bonchev–Trinajstić information content (AvgIpc) is 3.47. The number of carbonyl (C=O) groups is 2. The van der Waals surface area contributed by atoms with Crippen LogP contribution in [0.1, 0.15) is 52.4 Å². The summed E-state index contributed by atoms with van der Waals surface area (Å²) in [5.41, 5.74) is 0. The molecule has 2 fully saturated rings. The van der Waals surface area contributed by atoms with E-state index in [2.05, 4.69) is 48.4 Å². The minimum atomic E-state index is 0.146. The second-order valence-electron chi connectivity index (χ2n) is 9.07. The summed E-state index contributed by atoms with van der Waals surface area (Å²) in [6.07, 6.45) is 15.3. The molecule has 4 rings (SSSR count). The highest BCUT2D eigenvalue weighted by atomic mass is 16.2. The van der Waals surface area contributed by atoms with Crippen LogP contribution < -0.4 is 5.32 Å². The Morgan fingerprint density at radius 3 is 2.00 bits per heavy atom. The van der Waals surface area contributed by atoms with Crippen LogP contribution in [0.15, 0.2) is 24.3 Å². The van der Waals surface area contributed by atoms with Crippen LogP contribution >= 0.6 is 0 Å². The Balaban J connectivity index is 1.33. The first-order valence-electron chi connectivity index (χ1n) is 11.1. The zero-order valence-electron chi connectivity index (χ0n) is 16.8. The summed E-state index contributed by atoms with van der Waals surface area (Å²) in [6, 6.07) is 0.280. The van der Waals surface area contributed by atoms with E-state index in [0.29, 0.717) is 42.7 Å². The predicted molar refractivity (Wildman–Crippen MR) is 107 cm³/mol. The maximum Gasteiger partial charge on any atom is 0.226 e. The van der Waals surface area contributed by atoms with Gasteiger partial charge in [0.05, 0.1) is 0 Å². The Morgan fingerprint density at radius 1 is 0.926 bits per heavy atom. The third-order valence-electron chi connectivity index (χ3n) is 7.53. The van der Waals surface area contributed by atoms with E-state index < -0.39 is 0 Å². The van der Waals surface area contributed by atoms with Crippen molar-refractivity contribution in [2.45, 2.75) is 58.4 Å². The molecule has 4 bridgehead atoms. The monoisotopic (exact) mass is 370 g/mol. The van der Waals surface area contributed by atoms with Crippen molar-refractivity contribution >= 4 is 11.8 Å². The van der Waals surface area contributed by atoms with Gasteiger partial charge in [0.1, 0.15) is 0 Å². The van der Waals surface area contributed by atoms with Gasteiger partial charge in [0.15, 0.2) is 0 Å². The average molecular weight is 371 g/mol. The first-order chi connectivity index (χ1) is 13.1. The van der Waals surface area contributed by atoms with E-state index in [4.69, 9.17) is 0 Å². The van der Waals surface area contributed by atoms with Crippen molar-refractivity contribution in [1.29, 1.82) is 0 Å². The lowest BCUT2D eigenvalue weighted by Gasteiger charge is -2.34. The maximum absolute atomic E-state index is 13.3. The molecule has 1 N–H and O–H groups in total. The zero-order valence-corrected chi connectivity index (χ0v) is 16.8. The molecule has 6 unspecified atom stereocenters. The predicted octanol–water partition coefficient (Wildman–Crippen LogP) is 3.54. The molecular weight excluding hydrogens is 336 g/mol. The first-order valence-corrected chi connectivity index (χ1v) is 11.1. The number of nitrogens with zero attached hydrogens (tertiary/aromatic N) is 1. The lowest BCUT2D eigenvalue weighted by molar-refractivity contribution is -0.139. The molecule has 6 atom stereocenters. The molecule has 0 aromatic heterocycles. The van der Waals surface area contributed by atoms with E-state index in [9.17, 15) is 9.59 Å². The number of hydrogen-bond acceptors (Lipinski definition) is 2. The summed E-state index contributed by atoms with van der Waals surface area (Å²) in [7, 11) is 0. The minimum absolute atomic E-state index is 0.146. The molecule has 0 saturated heterocycles. The molecule has 27 heavy (non-hydrogen) atoms. The molecule has 0 aromatic carbocycles. The van der Waals surface area contributed by atoms with Gasteiger partial charge in [-0.3, -0.25) is 9.59 Å². The van der Waals surface area contributed by atoms with E-state index in [1.54, 1.807) is 0 Å². The Labute approximate surface area is 163 Å². The van der Waals surface area contributed by atoms with E-state index in [-0.39, 0.29) is 23.8 Å². The standard InChI is InChI=1S/C23H34N2O2/c1-3-19(4-2)25(23(27)21-14-16-6-8-18(21)12-16)10-9-24-22(26)20-13-15-5-7-17(20)11-15/h5-8,15-21H,3-4,9-14H2,1-2H3,(H,24,26). The third-order valence-corrected chi connectivity index (χ3v) is 7.53. The number of carbonyl (C=O) groups excluding carboxylic acids is 2. The fourth-order valence-electron chi connectivity index (χ4n) is 5.99. The van der Waals surface area contributed by atoms with E-state index in [0.717, 1.165) is 38.5 Å². The fraction of sp³-hybridized carbons (Fsp3) is 0.739. The molecule has 0 heterocycles. The fourth-order valence-corrected chi connectivity index (χ4v) is 5.99. The van der Waals surface area contributed by atoms with Crippen LogP contribution in [0.25, 0.3) is 0 Å². The summed E-state index contributed by atoms with van der Waals surface area (Å²) in [4.78, 5) is 28.0. The van der Waals surface area contributed by atoms with Gasteiger partial charge in [-0.05, 0) is 62.2 Å². The molecule has 4 aliphatic carbocycles. The van der Waals surface area contributed by atoms with Gasteiger partial charge >= 0.3 is 0 Å². The second-order valence-corrected chi connectivity index (χ2v) is 9.07. The molecule has 4 heteroatoms. The van der Waals surface area contributed by atoms with Crippen LogP contribution in [0.5, 0.6) is 0 Å². The van der Waals surface area contributed by atoms with Crippen molar-refractivity contribution in [1.82, 2.24) is 10.2 Å². The van der Waals surface area contributed by atoms with Gasteiger partial charge in [0, 0.05) is 31.0 Å². The van der Waals surface area contributed by atoms with Crippen LogP contribution in [-0.4, -0.2) is 35.8 Å². The van der Waals surface area contributed by atoms with E-state index in [1.807, 2.05) is 0 Å². The minimum Gasteiger partial charge on any atom is -0.354 e. The van der Waals surface area contributed by atoms with Crippen molar-refractivity contribution in [2.75, 3.05) is 13.1 Å². The Hall–Kier alpha value is -1.58. The summed E-state index contributed by atoms with van der Waals surface area (Å²) in [5, 5.41) is 3.14. The van der Waals surface area contributed by atoms with E-state index in [1.165, 1.54) is 0 Å². The quantitative estimate of drug-likeness (QED) is 0.664. The van der Waals surface area contributed by atoms with Gasteiger partial charge in [-0.25, -0.2) is 0 Å². The maximum atomic E-state index is 13.3. The normalized spacial score (nSPS) is 35.4. The summed E-state index contributed by atoms with van der Waals surface area (Å²) in [5.74, 6) is 2.91. The highest BCUT2D eigenvalue weighted by molar-refractivity contribution is 5.81. The van der Waals surface area contributed by atoms with Gasteiger partial charge in [-0.15, -0.1) is 0 Å². The van der Waals surface area contributed by atoms with Gasteiger partial charge in [0.2, 0.25) is 11.8 Å². The Morgan fingerprint density at radius 2 is 1.52 bits per heavy atom. The molecule has 148 valence electrons. The third kappa shape index (κ3) is 3.60. The van der Waals surface area contributed by atoms with Crippen molar-refractivity contribution in [3.8, 4) is 0 Å². The lowest BCUT2D eigenvalue weighted by atomic mass is 9.91. The molecule has 0 aromatic rings. The first kappa shape index (κ1) is 18.8. The topological polar surface area (TPSA) is 49.4 Å². The van der Waals surface area contributed by atoms with Crippen molar-refractivity contribution in [3.63, 3.8) is 0 Å². The number of hydrogen-bond donors (Lipinski definition) is 1. The van der Waals surface area contributed by atoms with Gasteiger partial charge in [0.25, 0.3) is 0 Å². The molecule has 0 spiro atoms. The van der Waals surface area contributed by atoms with Gasteiger partial charge < -0.3 is 10.2 Å². The van der Waals surface area contributed by atoms with Crippen LogP contribution in [-0.2, 0) is 9.59 Å². The lowest BCUT2D eigenvalue weighted by Crippen LogP contribution is -2.48. The summed E-state index contributed by atoms with van der Waals surface area (Å²) >= 11 is 0. The smallest absolute Gasteiger partial charge is 0.226 e.